The molecule has 0 N–H and O–H groups in total. The van der Waals surface area contributed by atoms with Crippen molar-refractivity contribution in [3.63, 3.8) is 0 Å². The molecule has 0 spiro atoms. The van der Waals surface area contributed by atoms with Crippen molar-refractivity contribution < 1.29 is 9.53 Å². The van der Waals surface area contributed by atoms with Gasteiger partial charge in [0.1, 0.15) is 0 Å². The maximum Gasteiger partial charge on any atom is 0.237 e. The molecule has 1 aliphatic heterocycles. The zero-order valence-electron chi connectivity index (χ0n) is 11.3. The van der Waals surface area contributed by atoms with E-state index in [-0.39, 0.29) is 29.3 Å². The van der Waals surface area contributed by atoms with E-state index in [1.54, 1.807) is 17.0 Å². The molecule has 18 heavy (non-hydrogen) atoms. The second-order valence-electron chi connectivity index (χ2n) is 5.97. The molecule has 0 amide bonds. The molecular weight excluding hydrogens is 226 g/mol. The van der Waals surface area contributed by atoms with Crippen LogP contribution in [0.5, 0.6) is 0 Å². The molecule has 2 rings (SSSR count). The molecule has 3 atom stereocenters. The molecule has 1 fully saturated rings. The van der Waals surface area contributed by atoms with Crippen LogP contribution in [0.4, 0.5) is 0 Å². The summed E-state index contributed by atoms with van der Waals surface area (Å²) in [5, 5.41) is 0. The molecule has 1 aromatic heterocycles. The molecule has 2 heterocycles. The standard InChI is InChI=1S/C15H21NO2/c1-5-11-10-18-13(15(2,3)4)12(11)14(17)16-8-6-7-9-16/h5-9,11-13H,1,10H2,2-4H3/t11-,12-,13-/m0/s1. The van der Waals surface area contributed by atoms with Crippen molar-refractivity contribution in [1.29, 1.82) is 0 Å². The van der Waals surface area contributed by atoms with Gasteiger partial charge in [-0.3, -0.25) is 9.36 Å². The Kier molecular flexibility index (Phi) is 3.44. The van der Waals surface area contributed by atoms with Crippen molar-refractivity contribution in [3.8, 4) is 0 Å². The predicted octanol–water partition coefficient (Wildman–Crippen LogP) is 2.99. The van der Waals surface area contributed by atoms with E-state index in [1.165, 1.54) is 0 Å². The number of hydrogen-bond acceptors (Lipinski definition) is 2. The molecule has 3 nitrogen and oxygen atoms in total. The number of nitrogens with zero attached hydrogens (tertiary/aromatic N) is 1. The first-order valence-corrected chi connectivity index (χ1v) is 6.36. The highest BCUT2D eigenvalue weighted by Crippen LogP contribution is 2.39. The molecule has 1 aliphatic rings. The Morgan fingerprint density at radius 2 is 2.00 bits per heavy atom. The van der Waals surface area contributed by atoms with Gasteiger partial charge in [0.25, 0.3) is 0 Å². The van der Waals surface area contributed by atoms with Crippen molar-refractivity contribution in [3.05, 3.63) is 37.2 Å². The molecule has 1 saturated heterocycles. The Balaban J connectivity index is 2.30. The van der Waals surface area contributed by atoms with Gasteiger partial charge in [0, 0.05) is 18.3 Å². The molecule has 0 saturated carbocycles. The van der Waals surface area contributed by atoms with Crippen LogP contribution in [0.15, 0.2) is 37.2 Å². The Labute approximate surface area is 108 Å². The van der Waals surface area contributed by atoms with Crippen molar-refractivity contribution in [2.45, 2.75) is 26.9 Å². The number of aromatic nitrogens is 1. The Morgan fingerprint density at radius 1 is 1.39 bits per heavy atom. The maximum absolute atomic E-state index is 12.6. The van der Waals surface area contributed by atoms with E-state index in [9.17, 15) is 4.79 Å². The first kappa shape index (κ1) is 13.1. The second-order valence-corrected chi connectivity index (χ2v) is 5.97. The lowest BCUT2D eigenvalue weighted by Crippen LogP contribution is -2.39. The summed E-state index contributed by atoms with van der Waals surface area (Å²) in [5.74, 6) is 0.0568. The third-order valence-electron chi connectivity index (χ3n) is 3.56. The van der Waals surface area contributed by atoms with Gasteiger partial charge in [-0.05, 0) is 17.5 Å². The van der Waals surface area contributed by atoms with Crippen LogP contribution in [-0.2, 0) is 4.74 Å². The Bertz CT molecular complexity index is 428. The molecule has 0 radical (unpaired) electrons. The van der Waals surface area contributed by atoms with E-state index in [0.717, 1.165) is 0 Å². The van der Waals surface area contributed by atoms with Gasteiger partial charge in [-0.15, -0.1) is 6.58 Å². The monoisotopic (exact) mass is 247 g/mol. The summed E-state index contributed by atoms with van der Waals surface area (Å²) in [7, 11) is 0. The normalized spacial score (nSPS) is 28.3. The summed E-state index contributed by atoms with van der Waals surface area (Å²) >= 11 is 0. The molecule has 98 valence electrons. The number of hydrogen-bond donors (Lipinski definition) is 0. The largest absolute Gasteiger partial charge is 0.376 e. The fraction of sp³-hybridized carbons (Fsp3) is 0.533. The van der Waals surface area contributed by atoms with Crippen LogP contribution in [0.3, 0.4) is 0 Å². The van der Waals surface area contributed by atoms with E-state index >= 15 is 0 Å². The highest BCUT2D eigenvalue weighted by molar-refractivity contribution is 5.83. The van der Waals surface area contributed by atoms with Crippen molar-refractivity contribution >= 4 is 5.91 Å². The third-order valence-corrected chi connectivity index (χ3v) is 3.56. The average molecular weight is 247 g/mol. The highest BCUT2D eigenvalue weighted by atomic mass is 16.5. The first-order chi connectivity index (χ1) is 8.45. The van der Waals surface area contributed by atoms with Crippen LogP contribution >= 0.6 is 0 Å². The molecular formula is C15H21NO2. The zero-order chi connectivity index (χ0) is 13.3. The minimum Gasteiger partial charge on any atom is -0.376 e. The van der Waals surface area contributed by atoms with Crippen LogP contribution < -0.4 is 0 Å². The van der Waals surface area contributed by atoms with Crippen LogP contribution in [0.1, 0.15) is 25.6 Å². The predicted molar refractivity (Wildman–Crippen MR) is 71.4 cm³/mol. The lowest BCUT2D eigenvalue weighted by Gasteiger charge is -2.31. The maximum atomic E-state index is 12.6. The molecule has 0 aliphatic carbocycles. The van der Waals surface area contributed by atoms with Gasteiger partial charge in [-0.2, -0.15) is 0 Å². The quantitative estimate of drug-likeness (QED) is 0.752. The molecule has 0 unspecified atom stereocenters. The third kappa shape index (κ3) is 2.27. The Hall–Kier alpha value is -1.35. The van der Waals surface area contributed by atoms with Crippen LogP contribution in [0, 0.1) is 17.3 Å². The smallest absolute Gasteiger partial charge is 0.237 e. The van der Waals surface area contributed by atoms with E-state index in [0.29, 0.717) is 6.61 Å². The summed E-state index contributed by atoms with van der Waals surface area (Å²) in [6, 6.07) is 3.73. The van der Waals surface area contributed by atoms with Crippen molar-refractivity contribution in [2.75, 3.05) is 6.61 Å². The molecule has 0 bridgehead atoms. The van der Waals surface area contributed by atoms with E-state index in [4.69, 9.17) is 4.74 Å². The minimum atomic E-state index is -0.144. The fourth-order valence-corrected chi connectivity index (χ4v) is 2.62. The van der Waals surface area contributed by atoms with Crippen LogP contribution in [0.2, 0.25) is 0 Å². The summed E-state index contributed by atoms with van der Waals surface area (Å²) in [5.41, 5.74) is -0.0504. The summed E-state index contributed by atoms with van der Waals surface area (Å²) in [6.45, 7) is 10.7. The van der Waals surface area contributed by atoms with E-state index in [2.05, 4.69) is 27.4 Å². The fourth-order valence-electron chi connectivity index (χ4n) is 2.62. The summed E-state index contributed by atoms with van der Waals surface area (Å²) in [4.78, 5) is 12.6. The molecule has 3 heteroatoms. The molecule has 0 aromatic carbocycles. The van der Waals surface area contributed by atoms with Gasteiger partial charge in [0.05, 0.1) is 18.6 Å². The molecule has 1 aromatic rings. The number of ether oxygens (including phenoxy) is 1. The lowest BCUT2D eigenvalue weighted by atomic mass is 9.77. The van der Waals surface area contributed by atoms with Crippen LogP contribution in [-0.4, -0.2) is 23.2 Å². The van der Waals surface area contributed by atoms with Gasteiger partial charge in [0.15, 0.2) is 0 Å². The van der Waals surface area contributed by atoms with Gasteiger partial charge < -0.3 is 4.74 Å². The van der Waals surface area contributed by atoms with Gasteiger partial charge in [-0.25, -0.2) is 0 Å². The van der Waals surface area contributed by atoms with E-state index < -0.39 is 0 Å². The highest BCUT2D eigenvalue weighted by Gasteiger charge is 2.46. The number of rotatable bonds is 2. The van der Waals surface area contributed by atoms with Crippen molar-refractivity contribution in [2.24, 2.45) is 17.3 Å². The second kappa shape index (κ2) is 4.73. The van der Waals surface area contributed by atoms with Gasteiger partial charge in [-0.1, -0.05) is 26.8 Å². The number of carbonyl (C=O) groups excluding carboxylic acids is 1. The van der Waals surface area contributed by atoms with Crippen molar-refractivity contribution in [1.82, 2.24) is 4.57 Å². The van der Waals surface area contributed by atoms with Gasteiger partial charge in [0.2, 0.25) is 5.91 Å². The van der Waals surface area contributed by atoms with Crippen LogP contribution in [0.25, 0.3) is 0 Å². The average Bonchev–Trinajstić information content (AvgIpc) is 2.96. The zero-order valence-corrected chi connectivity index (χ0v) is 11.3. The van der Waals surface area contributed by atoms with Gasteiger partial charge >= 0.3 is 0 Å². The SMILES string of the molecule is C=C[C@H]1CO[C@H](C(C)(C)C)[C@H]1C(=O)n1cccc1. The minimum absolute atomic E-state index is 0.0504. The number of carbonyl (C=O) groups is 1. The first-order valence-electron chi connectivity index (χ1n) is 6.36. The topological polar surface area (TPSA) is 31.2 Å². The Morgan fingerprint density at radius 3 is 2.50 bits per heavy atom. The summed E-state index contributed by atoms with van der Waals surface area (Å²) in [6.07, 6.45) is 5.37. The summed E-state index contributed by atoms with van der Waals surface area (Å²) < 4.78 is 7.49. The lowest BCUT2D eigenvalue weighted by molar-refractivity contribution is 0.00670. The van der Waals surface area contributed by atoms with E-state index in [1.807, 2.05) is 18.2 Å².